The summed E-state index contributed by atoms with van der Waals surface area (Å²) in [5, 5.41) is 2.76. The van der Waals surface area contributed by atoms with E-state index in [9.17, 15) is 18.8 Å². The molecule has 1 fully saturated rings. The average Bonchev–Trinajstić information content (AvgIpc) is 3.21. The molecule has 1 saturated heterocycles. The van der Waals surface area contributed by atoms with Crippen LogP contribution in [0.2, 0.25) is 0 Å². The Morgan fingerprint density at radius 2 is 1.70 bits per heavy atom. The molecule has 1 aliphatic heterocycles. The molecule has 170 valence electrons. The van der Waals surface area contributed by atoms with Crippen LogP contribution in [-0.4, -0.2) is 39.3 Å². The van der Waals surface area contributed by atoms with Gasteiger partial charge in [-0.25, -0.2) is 9.18 Å². The molecule has 1 atom stereocenters. The van der Waals surface area contributed by atoms with Crippen molar-refractivity contribution in [2.75, 3.05) is 6.54 Å². The van der Waals surface area contributed by atoms with E-state index < -0.39 is 17.5 Å². The number of ketones is 1. The molecule has 0 radical (unpaired) electrons. The highest BCUT2D eigenvalue weighted by Gasteiger charge is 2.48. The molecule has 1 aromatic heterocycles. The number of hydrogen-bond donors (Lipinski definition) is 1. The molecule has 0 aliphatic carbocycles. The second-order valence-corrected chi connectivity index (χ2v) is 8.66. The van der Waals surface area contributed by atoms with E-state index in [4.69, 9.17) is 0 Å². The van der Waals surface area contributed by atoms with Crippen LogP contribution in [0.15, 0.2) is 60.7 Å². The molecular formula is C26H26FN3O3. The largest absolute Gasteiger partial charge is 0.325 e. The first-order chi connectivity index (χ1) is 15.7. The number of nitrogens with zero attached hydrogens (tertiary/aromatic N) is 2. The van der Waals surface area contributed by atoms with Crippen LogP contribution >= 0.6 is 0 Å². The lowest BCUT2D eigenvalue weighted by molar-refractivity contribution is -0.130. The summed E-state index contributed by atoms with van der Waals surface area (Å²) in [6.45, 7) is 5.00. The van der Waals surface area contributed by atoms with Crippen molar-refractivity contribution < 1.29 is 18.8 Å². The van der Waals surface area contributed by atoms with Gasteiger partial charge in [0.25, 0.3) is 5.91 Å². The van der Waals surface area contributed by atoms with Crippen LogP contribution in [0.4, 0.5) is 9.18 Å². The van der Waals surface area contributed by atoms with Crippen molar-refractivity contribution >= 4 is 17.7 Å². The van der Waals surface area contributed by atoms with Crippen LogP contribution in [0, 0.1) is 19.7 Å². The molecular weight excluding hydrogens is 421 g/mol. The number of carbonyl (C=O) groups is 3. The first-order valence-corrected chi connectivity index (χ1v) is 10.9. The average molecular weight is 448 g/mol. The van der Waals surface area contributed by atoms with Crippen molar-refractivity contribution in [3.8, 4) is 5.69 Å². The smallest absolute Gasteiger partial charge is 0.323 e. The Hall–Kier alpha value is -3.74. The summed E-state index contributed by atoms with van der Waals surface area (Å²) >= 11 is 0. The van der Waals surface area contributed by atoms with Crippen molar-refractivity contribution in [1.29, 1.82) is 0 Å². The SMILES string of the molecule is Cc1cc(C(=O)CN2C(=O)N[C@](C)(CCc3ccccc3)C2=O)c(C)n1-c1ccc(F)cc1. The van der Waals surface area contributed by atoms with Gasteiger partial charge in [0.15, 0.2) is 5.78 Å². The molecule has 0 saturated carbocycles. The topological polar surface area (TPSA) is 71.4 Å². The normalized spacial score (nSPS) is 18.0. The zero-order valence-electron chi connectivity index (χ0n) is 18.9. The van der Waals surface area contributed by atoms with Crippen molar-refractivity contribution in [1.82, 2.24) is 14.8 Å². The fourth-order valence-corrected chi connectivity index (χ4v) is 4.36. The number of halogens is 1. The second kappa shape index (κ2) is 8.65. The van der Waals surface area contributed by atoms with E-state index in [0.717, 1.165) is 21.8 Å². The van der Waals surface area contributed by atoms with E-state index in [0.29, 0.717) is 24.1 Å². The second-order valence-electron chi connectivity index (χ2n) is 8.66. The van der Waals surface area contributed by atoms with Crippen LogP contribution in [0.5, 0.6) is 0 Å². The van der Waals surface area contributed by atoms with E-state index >= 15 is 0 Å². The molecule has 0 bridgehead atoms. The summed E-state index contributed by atoms with van der Waals surface area (Å²) in [6, 6.07) is 16.9. The number of benzene rings is 2. The molecule has 33 heavy (non-hydrogen) atoms. The maximum atomic E-state index is 13.3. The Balaban J connectivity index is 1.50. The van der Waals surface area contributed by atoms with Crippen LogP contribution in [0.3, 0.4) is 0 Å². The van der Waals surface area contributed by atoms with Gasteiger partial charge in [-0.15, -0.1) is 0 Å². The number of aryl methyl sites for hydroxylation is 2. The van der Waals surface area contributed by atoms with Crippen LogP contribution in [0.1, 0.15) is 40.7 Å². The van der Waals surface area contributed by atoms with Gasteiger partial charge in [-0.1, -0.05) is 30.3 Å². The molecule has 0 unspecified atom stereocenters. The number of rotatable bonds is 7. The number of imide groups is 1. The van der Waals surface area contributed by atoms with Gasteiger partial charge in [-0.3, -0.25) is 14.5 Å². The predicted molar refractivity (Wildman–Crippen MR) is 123 cm³/mol. The lowest BCUT2D eigenvalue weighted by Gasteiger charge is -2.21. The molecule has 2 aromatic carbocycles. The van der Waals surface area contributed by atoms with E-state index in [2.05, 4.69) is 5.32 Å². The van der Waals surface area contributed by atoms with Gasteiger partial charge in [0, 0.05) is 22.6 Å². The van der Waals surface area contributed by atoms with Crippen molar-refractivity contribution in [2.45, 2.75) is 39.2 Å². The van der Waals surface area contributed by atoms with Gasteiger partial charge in [0.05, 0.1) is 6.54 Å². The van der Waals surface area contributed by atoms with E-state index in [1.807, 2.05) is 41.8 Å². The molecule has 7 heteroatoms. The molecule has 3 amide bonds. The summed E-state index contributed by atoms with van der Waals surface area (Å²) in [7, 11) is 0. The number of urea groups is 1. The number of carbonyl (C=O) groups excluding carboxylic acids is 3. The Morgan fingerprint density at radius 3 is 2.36 bits per heavy atom. The Morgan fingerprint density at radius 1 is 1.03 bits per heavy atom. The van der Waals surface area contributed by atoms with E-state index in [1.54, 1.807) is 32.0 Å². The minimum absolute atomic E-state index is 0.327. The number of Topliss-reactive ketones (excluding diaryl/α,β-unsaturated/α-hetero) is 1. The van der Waals surface area contributed by atoms with Gasteiger partial charge in [-0.05, 0) is 69.5 Å². The molecule has 6 nitrogen and oxygen atoms in total. The molecule has 0 spiro atoms. The first kappa shape index (κ1) is 22.5. The summed E-state index contributed by atoms with van der Waals surface area (Å²) < 4.78 is 15.2. The molecule has 3 aromatic rings. The third-order valence-electron chi connectivity index (χ3n) is 6.22. The third kappa shape index (κ3) is 4.31. The lowest BCUT2D eigenvalue weighted by Crippen LogP contribution is -2.44. The predicted octanol–water partition coefficient (Wildman–Crippen LogP) is 4.36. The fraction of sp³-hybridized carbons (Fsp3) is 0.269. The van der Waals surface area contributed by atoms with Gasteiger partial charge in [0.2, 0.25) is 0 Å². The highest BCUT2D eigenvalue weighted by Crippen LogP contribution is 2.26. The highest BCUT2D eigenvalue weighted by molar-refractivity contribution is 6.11. The number of amides is 3. The Kier molecular flexibility index (Phi) is 5.89. The van der Waals surface area contributed by atoms with Gasteiger partial charge < -0.3 is 9.88 Å². The number of hydrogen-bond acceptors (Lipinski definition) is 3. The van der Waals surface area contributed by atoms with E-state index in [-0.39, 0.29) is 18.1 Å². The minimum atomic E-state index is -1.06. The number of aromatic nitrogens is 1. The van der Waals surface area contributed by atoms with Crippen molar-refractivity contribution in [2.24, 2.45) is 0 Å². The Labute approximate surface area is 192 Å². The molecule has 2 heterocycles. The molecule has 4 rings (SSSR count). The van der Waals surface area contributed by atoms with Crippen LogP contribution < -0.4 is 5.32 Å². The summed E-state index contributed by atoms with van der Waals surface area (Å²) in [6.07, 6.45) is 1.06. The highest BCUT2D eigenvalue weighted by atomic mass is 19.1. The maximum Gasteiger partial charge on any atom is 0.325 e. The summed E-state index contributed by atoms with van der Waals surface area (Å²) in [5.41, 5.74) is 2.64. The number of nitrogens with one attached hydrogen (secondary N) is 1. The van der Waals surface area contributed by atoms with Crippen molar-refractivity contribution in [3.05, 3.63) is 89.0 Å². The summed E-state index contributed by atoms with van der Waals surface area (Å²) in [5.74, 6) is -1.07. The monoisotopic (exact) mass is 447 g/mol. The van der Waals surface area contributed by atoms with Crippen LogP contribution in [0.25, 0.3) is 5.69 Å². The summed E-state index contributed by atoms with van der Waals surface area (Å²) in [4.78, 5) is 39.8. The fourth-order valence-electron chi connectivity index (χ4n) is 4.36. The lowest BCUT2D eigenvalue weighted by atomic mass is 9.93. The third-order valence-corrected chi connectivity index (χ3v) is 6.22. The molecule has 1 aliphatic rings. The molecule has 1 N–H and O–H groups in total. The quantitative estimate of drug-likeness (QED) is 0.432. The van der Waals surface area contributed by atoms with E-state index in [1.165, 1.54) is 12.1 Å². The zero-order valence-corrected chi connectivity index (χ0v) is 18.9. The van der Waals surface area contributed by atoms with Gasteiger partial charge in [-0.2, -0.15) is 0 Å². The standard InChI is InChI=1S/C26H26FN3O3/c1-17-15-22(18(2)30(17)21-11-9-20(27)10-12-21)23(31)16-29-24(32)26(3,28-25(29)33)14-13-19-7-5-4-6-8-19/h4-12,15H,13-14,16H2,1-3H3,(H,28,33)/t26-/m1/s1. The minimum Gasteiger partial charge on any atom is -0.323 e. The van der Waals surface area contributed by atoms with Gasteiger partial charge >= 0.3 is 6.03 Å². The van der Waals surface area contributed by atoms with Crippen LogP contribution in [-0.2, 0) is 11.2 Å². The van der Waals surface area contributed by atoms with Gasteiger partial charge in [0.1, 0.15) is 11.4 Å². The zero-order chi connectivity index (χ0) is 23.8. The first-order valence-electron chi connectivity index (χ1n) is 10.9. The van der Waals surface area contributed by atoms with Crippen molar-refractivity contribution in [3.63, 3.8) is 0 Å². The maximum absolute atomic E-state index is 13.3. The Bertz CT molecular complexity index is 1220.